The highest BCUT2D eigenvalue weighted by Crippen LogP contribution is 2.17. The number of nitrogens with two attached hydrogens (primary N) is 5. The van der Waals surface area contributed by atoms with Gasteiger partial charge in [-0.25, -0.2) is 4.79 Å². The minimum absolute atomic E-state index is 0.0283. The molecule has 10 atom stereocenters. The summed E-state index contributed by atoms with van der Waals surface area (Å²) in [6, 6.07) is 2.90. The van der Waals surface area contributed by atoms with Crippen LogP contribution in [0.3, 0.4) is 0 Å². The molecule has 0 heterocycles. The van der Waals surface area contributed by atoms with E-state index in [1.165, 1.54) is 24.3 Å². The highest BCUT2D eigenvalue weighted by atomic mass is 16.4. The van der Waals surface area contributed by atoms with Gasteiger partial charge in [0.15, 0.2) is 5.96 Å². The molecule has 9 amide bonds. The van der Waals surface area contributed by atoms with Gasteiger partial charge >= 0.3 is 5.97 Å². The first-order valence-corrected chi connectivity index (χ1v) is 28.8. The molecule has 26 nitrogen and oxygen atoms in total. The number of aliphatic imine (C=N–C) groups is 1. The standard InChI is InChI=1S/C58H94N14O12/c1-9-35(8)48(72-54(80)43(29-33(4)5)68-50(76)40(19-15-27-64-58(62)63)65-55(81)47(61)34(6)7)56(82)66-39(18-13-14-26-59)49(75)70-44(30-36-16-11-10-12-17-36)53(79)69-42(28-32(2)3)51(77)71-45(31-37-20-22-38(73)23-21-37)52(78)67-41(57(83)84)24-25-46(60)74/h10-12,16-17,20-23,32-35,39-45,47-48,73H,9,13-15,18-19,24-31,59,61H2,1-8H3,(H2,60,74)(H,65,81)(H,66,82)(H,67,78)(H,68,76)(H,69,79)(H,70,75)(H,71,77)(H,72,80)(H,83,84)(H4,62,63,64)/t35-,39-,40-,41-,42-,43-,44-,45-,47-,48-/m0/s1. The molecule has 84 heavy (non-hydrogen) atoms. The summed E-state index contributed by atoms with van der Waals surface area (Å²) in [7, 11) is 0. The van der Waals surface area contributed by atoms with Crippen LogP contribution in [0, 0.1) is 23.7 Å². The first-order valence-electron chi connectivity index (χ1n) is 28.8. The number of primary amides is 1. The van der Waals surface area contributed by atoms with Crippen molar-refractivity contribution in [2.75, 3.05) is 13.1 Å². The van der Waals surface area contributed by atoms with E-state index < -0.39 is 119 Å². The normalized spacial score (nSPS) is 14.8. The van der Waals surface area contributed by atoms with Crippen molar-refractivity contribution in [3.05, 3.63) is 65.7 Å². The lowest BCUT2D eigenvalue weighted by Crippen LogP contribution is -2.61. The number of hydrogen-bond acceptors (Lipinski definition) is 14. The second-order valence-corrected chi connectivity index (χ2v) is 22.5. The average Bonchev–Trinajstić information content (AvgIpc) is 3.58. The third kappa shape index (κ3) is 27.0. The summed E-state index contributed by atoms with van der Waals surface area (Å²) >= 11 is 0. The number of carboxylic acid groups (broad SMARTS) is 1. The van der Waals surface area contributed by atoms with Crippen molar-refractivity contribution in [3.63, 3.8) is 0 Å². The lowest BCUT2D eigenvalue weighted by Gasteiger charge is -2.30. The maximum absolute atomic E-state index is 14.7. The summed E-state index contributed by atoms with van der Waals surface area (Å²) in [6.07, 6.45) is 0.791. The van der Waals surface area contributed by atoms with Crippen LogP contribution in [-0.4, -0.2) is 143 Å². The monoisotopic (exact) mass is 1180 g/mol. The Bertz CT molecular complexity index is 2490. The summed E-state index contributed by atoms with van der Waals surface area (Å²) in [5.74, 6) is -9.68. The van der Waals surface area contributed by atoms with E-state index in [4.69, 9.17) is 28.7 Å². The molecule has 0 bridgehead atoms. The predicted molar refractivity (Wildman–Crippen MR) is 317 cm³/mol. The highest BCUT2D eigenvalue weighted by Gasteiger charge is 2.37. The number of unbranched alkanes of at least 4 members (excludes halogenated alkanes) is 1. The number of nitrogens with one attached hydrogen (secondary N) is 8. The summed E-state index contributed by atoms with van der Waals surface area (Å²) in [5.41, 5.74) is 29.3. The van der Waals surface area contributed by atoms with E-state index in [0.29, 0.717) is 30.4 Å². The Morgan fingerprint density at radius 3 is 1.39 bits per heavy atom. The summed E-state index contributed by atoms with van der Waals surface area (Å²) in [4.78, 5) is 141. The van der Waals surface area contributed by atoms with Gasteiger partial charge < -0.3 is 81.4 Å². The Labute approximate surface area is 492 Å². The zero-order valence-electron chi connectivity index (χ0n) is 49.9. The van der Waals surface area contributed by atoms with Crippen LogP contribution >= 0.6 is 0 Å². The van der Waals surface area contributed by atoms with Crippen LogP contribution in [0.1, 0.15) is 131 Å². The van der Waals surface area contributed by atoms with Crippen molar-refractivity contribution in [2.24, 2.45) is 57.3 Å². The molecular formula is C58H94N14O12. The van der Waals surface area contributed by atoms with E-state index in [9.17, 15) is 58.2 Å². The van der Waals surface area contributed by atoms with Crippen molar-refractivity contribution in [2.45, 2.75) is 187 Å². The third-order valence-electron chi connectivity index (χ3n) is 13.9. The van der Waals surface area contributed by atoms with Crippen LogP contribution in [0.5, 0.6) is 5.75 Å². The minimum Gasteiger partial charge on any atom is -0.508 e. The first kappa shape index (κ1) is 72.2. The van der Waals surface area contributed by atoms with Gasteiger partial charge in [-0.15, -0.1) is 0 Å². The molecule has 0 saturated heterocycles. The van der Waals surface area contributed by atoms with Gasteiger partial charge in [-0.1, -0.05) is 104 Å². The van der Waals surface area contributed by atoms with E-state index >= 15 is 0 Å². The van der Waals surface area contributed by atoms with Gasteiger partial charge in [-0.05, 0) is 105 Å². The zero-order chi connectivity index (χ0) is 63.2. The van der Waals surface area contributed by atoms with Crippen LogP contribution in [0.25, 0.3) is 0 Å². The Balaban J connectivity index is 2.55. The van der Waals surface area contributed by atoms with Crippen molar-refractivity contribution < 1.29 is 58.2 Å². The molecule has 2 rings (SSSR count). The molecule has 0 aliphatic rings. The van der Waals surface area contributed by atoms with Gasteiger partial charge in [0, 0.05) is 25.8 Å². The lowest BCUT2D eigenvalue weighted by atomic mass is 9.95. The Hall–Kier alpha value is -7.87. The highest BCUT2D eigenvalue weighted by molar-refractivity contribution is 5.98. The predicted octanol–water partition coefficient (Wildman–Crippen LogP) is -0.290. The molecule has 26 heteroatoms. The molecule has 0 fully saturated rings. The van der Waals surface area contributed by atoms with Crippen LogP contribution in [0.4, 0.5) is 0 Å². The number of aliphatic carboxylic acids is 1. The number of hydrogen-bond donors (Lipinski definition) is 15. The molecule has 20 N–H and O–H groups in total. The number of benzene rings is 2. The molecule has 0 radical (unpaired) electrons. The smallest absolute Gasteiger partial charge is 0.326 e. The molecule has 0 spiro atoms. The number of carboxylic acids is 1. The maximum Gasteiger partial charge on any atom is 0.326 e. The largest absolute Gasteiger partial charge is 0.508 e. The van der Waals surface area contributed by atoms with E-state index in [0.717, 1.165) is 0 Å². The van der Waals surface area contributed by atoms with Crippen molar-refractivity contribution in [1.82, 2.24) is 42.5 Å². The number of carbonyl (C=O) groups excluding carboxylic acids is 9. The van der Waals surface area contributed by atoms with Gasteiger partial charge in [-0.3, -0.25) is 48.1 Å². The minimum atomic E-state index is -1.56. The first-order chi connectivity index (χ1) is 39.6. The van der Waals surface area contributed by atoms with Gasteiger partial charge in [0.2, 0.25) is 53.2 Å². The van der Waals surface area contributed by atoms with Crippen LogP contribution in [-0.2, 0) is 60.8 Å². The molecule has 0 aliphatic heterocycles. The summed E-state index contributed by atoms with van der Waals surface area (Å²) in [5, 5.41) is 41.4. The zero-order valence-corrected chi connectivity index (χ0v) is 49.9. The molecule has 2 aromatic rings. The van der Waals surface area contributed by atoms with Crippen LogP contribution < -0.4 is 71.2 Å². The Kier molecular flexibility index (Phi) is 32.1. The van der Waals surface area contributed by atoms with Gasteiger partial charge in [0.05, 0.1) is 6.04 Å². The van der Waals surface area contributed by atoms with Gasteiger partial charge in [0.25, 0.3) is 0 Å². The van der Waals surface area contributed by atoms with Crippen LogP contribution in [0.2, 0.25) is 0 Å². The number of guanidine groups is 1. The molecule has 0 unspecified atom stereocenters. The second kappa shape index (κ2) is 37.4. The summed E-state index contributed by atoms with van der Waals surface area (Å²) in [6.45, 7) is 14.7. The fourth-order valence-corrected chi connectivity index (χ4v) is 8.77. The van der Waals surface area contributed by atoms with Gasteiger partial charge in [0.1, 0.15) is 54.1 Å². The molecule has 468 valence electrons. The number of phenols is 1. The molecular weight excluding hydrogens is 1080 g/mol. The Morgan fingerprint density at radius 2 is 0.940 bits per heavy atom. The molecule has 2 aromatic carbocycles. The SMILES string of the molecule is CC[C@H](C)[C@H](NC(=O)[C@H](CC(C)C)NC(=O)[C@H](CCCN=C(N)N)NC(=O)[C@@H](N)C(C)C)C(=O)N[C@@H](CCCCN)C(=O)N[C@@H](Cc1ccccc1)C(=O)N[C@@H](CC(C)C)C(=O)N[C@@H](Cc1ccc(O)cc1)C(=O)N[C@@H](CCC(N)=O)C(=O)O. The molecule has 0 aromatic heterocycles. The third-order valence-corrected chi connectivity index (χ3v) is 13.9. The number of carbonyl (C=O) groups is 10. The maximum atomic E-state index is 14.7. The fourth-order valence-electron chi connectivity index (χ4n) is 8.77. The summed E-state index contributed by atoms with van der Waals surface area (Å²) < 4.78 is 0. The number of phenolic OH excluding ortho intramolecular Hbond substituents is 1. The second-order valence-electron chi connectivity index (χ2n) is 22.5. The van der Waals surface area contributed by atoms with Crippen molar-refractivity contribution in [1.29, 1.82) is 0 Å². The fraction of sp³-hybridized carbons (Fsp3) is 0.603. The van der Waals surface area contributed by atoms with E-state index in [-0.39, 0.29) is 100 Å². The Morgan fingerprint density at radius 1 is 0.512 bits per heavy atom. The van der Waals surface area contributed by atoms with E-state index in [2.05, 4.69) is 47.5 Å². The lowest BCUT2D eigenvalue weighted by molar-refractivity contribution is -0.142. The van der Waals surface area contributed by atoms with Crippen molar-refractivity contribution >= 4 is 65.1 Å². The number of rotatable bonds is 39. The van der Waals surface area contributed by atoms with Crippen molar-refractivity contribution in [3.8, 4) is 5.75 Å². The van der Waals surface area contributed by atoms with Crippen LogP contribution in [0.15, 0.2) is 59.6 Å². The molecule has 0 aliphatic carbocycles. The average molecular weight is 1180 g/mol. The quantitative estimate of drug-likeness (QED) is 0.0232. The number of nitrogens with zero attached hydrogens (tertiary/aromatic N) is 1. The molecule has 0 saturated carbocycles. The number of aromatic hydroxyl groups is 1. The van der Waals surface area contributed by atoms with E-state index in [1.807, 2.05) is 13.8 Å². The topological polar surface area (TPSA) is 450 Å². The van der Waals surface area contributed by atoms with E-state index in [1.54, 1.807) is 71.9 Å². The number of amides is 9. The van der Waals surface area contributed by atoms with Gasteiger partial charge in [-0.2, -0.15) is 0 Å².